The Morgan fingerprint density at radius 1 is 0.971 bits per heavy atom. The van der Waals surface area contributed by atoms with Crippen LogP contribution in [0, 0.1) is 30.3 Å². The fourth-order valence-electron chi connectivity index (χ4n) is 5.32. The first-order valence-corrected chi connectivity index (χ1v) is 11.1. The van der Waals surface area contributed by atoms with Crippen LogP contribution in [0.15, 0.2) is 36.5 Å². The van der Waals surface area contributed by atoms with E-state index >= 15 is 0 Å². The first-order valence-electron chi connectivity index (χ1n) is 11.1. The quantitative estimate of drug-likeness (QED) is 0.311. The van der Waals surface area contributed by atoms with Gasteiger partial charge in [0.1, 0.15) is 17.6 Å². The van der Waals surface area contributed by atoms with E-state index in [-0.39, 0.29) is 47.0 Å². The predicted octanol–water partition coefficient (Wildman–Crippen LogP) is 7.46. The van der Waals surface area contributed by atoms with Gasteiger partial charge in [-0.3, -0.25) is 4.98 Å². The van der Waals surface area contributed by atoms with E-state index in [2.05, 4.69) is 15.0 Å². The molecule has 34 heavy (non-hydrogen) atoms. The number of hydrogen-bond donors (Lipinski definition) is 1. The molecule has 0 radical (unpaired) electrons. The molecule has 1 aliphatic carbocycles. The molecule has 1 aliphatic rings. The van der Waals surface area contributed by atoms with Crippen LogP contribution in [0.25, 0.3) is 21.9 Å². The van der Waals surface area contributed by atoms with Gasteiger partial charge in [-0.05, 0) is 74.3 Å². The summed E-state index contributed by atoms with van der Waals surface area (Å²) < 4.78 is 84.1. The van der Waals surface area contributed by atoms with Crippen molar-refractivity contribution in [2.45, 2.75) is 50.6 Å². The minimum absolute atomic E-state index is 0.0152. The fourth-order valence-corrected chi connectivity index (χ4v) is 5.32. The minimum Gasteiger partial charge on any atom is -0.341 e. The molecule has 1 atom stereocenters. The Hall–Kier alpha value is -3.10. The fraction of sp³-hybridized carbons (Fsp3) is 0.360. The maximum absolute atomic E-state index is 14.2. The number of aromatic nitrogens is 3. The number of hydrogen-bond acceptors (Lipinski definition) is 2. The van der Waals surface area contributed by atoms with E-state index in [0.29, 0.717) is 23.7 Å². The lowest BCUT2D eigenvalue weighted by Crippen LogP contribution is -2.31. The summed E-state index contributed by atoms with van der Waals surface area (Å²) in [4.78, 5) is 10.9. The number of fused-ring (bicyclic) bond motifs is 2. The number of aryl methyl sites for hydroxylation is 1. The number of rotatable bonds is 3. The normalized spacial score (nSPS) is 20.2. The SMILES string of the molecule is Cc1c(F)c(F)cc2nc(C(C3CCC(c4ccnc5ccc(F)cc45)CC3)C(F)(F)F)[nH]c12. The maximum Gasteiger partial charge on any atom is 0.399 e. The summed E-state index contributed by atoms with van der Waals surface area (Å²) in [6, 6.07) is 6.96. The van der Waals surface area contributed by atoms with Crippen molar-refractivity contribution in [1.29, 1.82) is 0 Å². The van der Waals surface area contributed by atoms with Crippen molar-refractivity contribution < 1.29 is 26.3 Å². The lowest BCUT2D eigenvalue weighted by atomic mass is 9.73. The molecule has 1 saturated carbocycles. The van der Waals surface area contributed by atoms with E-state index in [1.807, 2.05) is 0 Å². The zero-order valence-corrected chi connectivity index (χ0v) is 18.2. The highest BCUT2D eigenvalue weighted by atomic mass is 19.4. The Labute approximate surface area is 191 Å². The highest BCUT2D eigenvalue weighted by Crippen LogP contribution is 2.48. The Bertz CT molecular complexity index is 1370. The van der Waals surface area contributed by atoms with E-state index < -0.39 is 29.6 Å². The predicted molar refractivity (Wildman–Crippen MR) is 116 cm³/mol. The van der Waals surface area contributed by atoms with Crippen LogP contribution in [0.4, 0.5) is 26.3 Å². The van der Waals surface area contributed by atoms with Crippen molar-refractivity contribution in [3.05, 3.63) is 70.9 Å². The Morgan fingerprint density at radius 3 is 2.41 bits per heavy atom. The molecule has 2 heterocycles. The summed E-state index contributed by atoms with van der Waals surface area (Å²) >= 11 is 0. The molecule has 5 rings (SSSR count). The lowest BCUT2D eigenvalue weighted by Gasteiger charge is -2.34. The maximum atomic E-state index is 14.2. The molecule has 0 bridgehead atoms. The van der Waals surface area contributed by atoms with E-state index in [0.717, 1.165) is 11.6 Å². The number of imidazole rings is 1. The summed E-state index contributed by atoms with van der Waals surface area (Å²) in [6.45, 7) is 1.30. The Balaban J connectivity index is 1.44. The number of pyridine rings is 1. The van der Waals surface area contributed by atoms with E-state index in [1.54, 1.807) is 18.3 Å². The topological polar surface area (TPSA) is 41.6 Å². The van der Waals surface area contributed by atoms with Crippen LogP contribution < -0.4 is 0 Å². The average molecular weight is 477 g/mol. The van der Waals surface area contributed by atoms with Gasteiger partial charge in [0.2, 0.25) is 0 Å². The second-order valence-electron chi connectivity index (χ2n) is 9.01. The molecular weight excluding hydrogens is 456 g/mol. The Morgan fingerprint density at radius 2 is 1.71 bits per heavy atom. The highest BCUT2D eigenvalue weighted by Gasteiger charge is 2.48. The van der Waals surface area contributed by atoms with Crippen LogP contribution >= 0.6 is 0 Å². The van der Waals surface area contributed by atoms with Gasteiger partial charge in [-0.15, -0.1) is 0 Å². The van der Waals surface area contributed by atoms with Crippen LogP contribution in [-0.2, 0) is 0 Å². The molecule has 2 aromatic carbocycles. The van der Waals surface area contributed by atoms with Gasteiger partial charge in [0.25, 0.3) is 0 Å². The molecule has 2 aromatic heterocycles. The van der Waals surface area contributed by atoms with Crippen LogP contribution in [0.5, 0.6) is 0 Å². The smallest absolute Gasteiger partial charge is 0.341 e. The lowest BCUT2D eigenvalue weighted by molar-refractivity contribution is -0.166. The summed E-state index contributed by atoms with van der Waals surface area (Å²) in [5.41, 5.74) is 1.47. The highest BCUT2D eigenvalue weighted by molar-refractivity contribution is 5.82. The summed E-state index contributed by atoms with van der Waals surface area (Å²) in [6.07, 6.45) is -1.39. The summed E-state index contributed by atoms with van der Waals surface area (Å²) in [5, 5.41) is 0.676. The summed E-state index contributed by atoms with van der Waals surface area (Å²) in [7, 11) is 0. The molecule has 0 spiro atoms. The van der Waals surface area contributed by atoms with Gasteiger partial charge in [0.15, 0.2) is 11.6 Å². The molecule has 178 valence electrons. The molecule has 0 aliphatic heterocycles. The number of aromatic amines is 1. The molecule has 1 unspecified atom stereocenters. The monoisotopic (exact) mass is 477 g/mol. The average Bonchev–Trinajstić information content (AvgIpc) is 3.20. The third-order valence-electron chi connectivity index (χ3n) is 7.00. The van der Waals surface area contributed by atoms with Gasteiger partial charge in [0.05, 0.1) is 16.6 Å². The number of nitrogens with zero attached hydrogens (tertiary/aromatic N) is 2. The first-order chi connectivity index (χ1) is 16.1. The number of benzene rings is 2. The molecule has 1 N–H and O–H groups in total. The largest absolute Gasteiger partial charge is 0.399 e. The van der Waals surface area contributed by atoms with Crippen LogP contribution in [0.2, 0.25) is 0 Å². The van der Waals surface area contributed by atoms with Gasteiger partial charge in [-0.1, -0.05) is 0 Å². The third kappa shape index (κ3) is 3.91. The second kappa shape index (κ2) is 8.29. The van der Waals surface area contributed by atoms with Crippen molar-refractivity contribution in [1.82, 2.24) is 15.0 Å². The standard InChI is InChI=1S/C25H21F6N3/c1-12-22(28)18(27)11-20-23(12)34-24(33-20)21(25(29,30)31)14-4-2-13(3-5-14)16-8-9-32-19-7-6-15(26)10-17(16)19/h6-11,13-14,21H,2-5H2,1H3,(H,33,34). The minimum atomic E-state index is -4.58. The van der Waals surface area contributed by atoms with Gasteiger partial charge in [-0.25, -0.2) is 18.2 Å². The molecular formula is C25H21F6N3. The van der Waals surface area contributed by atoms with Crippen molar-refractivity contribution in [2.24, 2.45) is 5.92 Å². The molecule has 9 heteroatoms. The third-order valence-corrected chi connectivity index (χ3v) is 7.00. The molecule has 1 fully saturated rings. The van der Waals surface area contributed by atoms with Crippen molar-refractivity contribution >= 4 is 21.9 Å². The molecule has 0 saturated heterocycles. The van der Waals surface area contributed by atoms with Crippen LogP contribution in [0.1, 0.15) is 54.5 Å². The zero-order chi connectivity index (χ0) is 24.2. The second-order valence-corrected chi connectivity index (χ2v) is 9.01. The molecule has 4 aromatic rings. The van der Waals surface area contributed by atoms with Gasteiger partial charge in [-0.2, -0.15) is 13.2 Å². The van der Waals surface area contributed by atoms with Crippen LogP contribution in [-0.4, -0.2) is 21.1 Å². The number of halogens is 6. The zero-order valence-electron chi connectivity index (χ0n) is 18.2. The van der Waals surface area contributed by atoms with E-state index in [4.69, 9.17) is 0 Å². The van der Waals surface area contributed by atoms with Gasteiger partial charge < -0.3 is 4.98 Å². The number of H-pyrrole nitrogens is 1. The van der Waals surface area contributed by atoms with Crippen LogP contribution in [0.3, 0.4) is 0 Å². The van der Waals surface area contributed by atoms with Crippen molar-refractivity contribution in [3.63, 3.8) is 0 Å². The van der Waals surface area contributed by atoms with Gasteiger partial charge in [0, 0.05) is 23.2 Å². The Kier molecular flexibility index (Phi) is 5.53. The van der Waals surface area contributed by atoms with Crippen molar-refractivity contribution in [3.8, 4) is 0 Å². The summed E-state index contributed by atoms with van der Waals surface area (Å²) in [5.74, 6) is -5.59. The van der Waals surface area contributed by atoms with E-state index in [1.165, 1.54) is 19.1 Å². The van der Waals surface area contributed by atoms with E-state index in [9.17, 15) is 26.3 Å². The van der Waals surface area contributed by atoms with Crippen molar-refractivity contribution in [2.75, 3.05) is 0 Å². The van der Waals surface area contributed by atoms with Gasteiger partial charge >= 0.3 is 6.18 Å². The number of nitrogens with one attached hydrogen (secondary N) is 1. The number of alkyl halides is 3. The first kappa shape index (κ1) is 22.7. The molecule has 3 nitrogen and oxygen atoms in total. The molecule has 0 amide bonds.